The van der Waals surface area contributed by atoms with Gasteiger partial charge in [-0.05, 0) is 12.1 Å². The number of hydrogen-bond acceptors (Lipinski definition) is 4. The van der Waals surface area contributed by atoms with Crippen LogP contribution < -0.4 is 5.32 Å². The summed E-state index contributed by atoms with van der Waals surface area (Å²) in [6, 6.07) is 7.53. The molecule has 6 nitrogen and oxygen atoms in total. The van der Waals surface area contributed by atoms with E-state index < -0.39 is 12.8 Å². The van der Waals surface area contributed by atoms with E-state index >= 15 is 0 Å². The molecule has 0 saturated carbocycles. The quantitative estimate of drug-likeness (QED) is 0.730. The van der Waals surface area contributed by atoms with Crippen LogP contribution in [0.15, 0.2) is 24.3 Å². The smallest absolute Gasteiger partial charge is 0.409 e. The Balaban J connectivity index is 0.00000144. The molecule has 2 rings (SSSR count). The van der Waals surface area contributed by atoms with Crippen LogP contribution in [0.5, 0.6) is 0 Å². The monoisotopic (exact) mass is 310 g/mol. The van der Waals surface area contributed by atoms with Crippen molar-refractivity contribution in [2.75, 3.05) is 6.73 Å². The summed E-state index contributed by atoms with van der Waals surface area (Å²) in [6.45, 7) is -0.403. The van der Waals surface area contributed by atoms with Crippen molar-refractivity contribution in [1.82, 2.24) is 15.3 Å². The first-order valence-electron chi connectivity index (χ1n) is 4.74. The molecule has 0 bridgehead atoms. The van der Waals surface area contributed by atoms with Crippen molar-refractivity contribution in [3.63, 3.8) is 0 Å². The Morgan fingerprint density at radius 1 is 1.47 bits per heavy atom. The number of imidazole rings is 1. The van der Waals surface area contributed by atoms with Gasteiger partial charge in [0.05, 0.1) is 11.0 Å². The van der Waals surface area contributed by atoms with E-state index in [2.05, 4.69) is 15.3 Å². The number of alkyl carbamates (subject to hydrolysis) is 1. The van der Waals surface area contributed by atoms with Gasteiger partial charge in [-0.25, -0.2) is 9.78 Å². The SMILES string of the molecule is O=C(NCO)OCc1nc2ccccc2[nH]1.[Y]. The van der Waals surface area contributed by atoms with E-state index in [-0.39, 0.29) is 39.3 Å². The summed E-state index contributed by atoms with van der Waals surface area (Å²) in [5.74, 6) is 0.564. The number of amides is 1. The maximum absolute atomic E-state index is 10.9. The van der Waals surface area contributed by atoms with Crippen molar-refractivity contribution >= 4 is 17.1 Å². The molecule has 0 unspecified atom stereocenters. The van der Waals surface area contributed by atoms with Gasteiger partial charge in [0.1, 0.15) is 12.6 Å². The van der Waals surface area contributed by atoms with Gasteiger partial charge in [0.15, 0.2) is 6.61 Å². The molecule has 3 N–H and O–H groups in total. The molecule has 0 aliphatic carbocycles. The fourth-order valence-electron chi connectivity index (χ4n) is 1.32. The van der Waals surface area contributed by atoms with Gasteiger partial charge < -0.3 is 14.8 Å². The Morgan fingerprint density at radius 2 is 2.24 bits per heavy atom. The molecule has 0 spiro atoms. The van der Waals surface area contributed by atoms with E-state index in [0.29, 0.717) is 5.82 Å². The maximum atomic E-state index is 10.9. The number of aromatic nitrogens is 2. The number of H-pyrrole nitrogens is 1. The Kier molecular flexibility index (Phi) is 5.54. The third kappa shape index (κ3) is 3.76. The molecule has 2 aromatic rings. The number of nitrogens with zero attached hydrogens (tertiary/aromatic N) is 1. The van der Waals surface area contributed by atoms with E-state index in [9.17, 15) is 4.79 Å². The molecule has 0 aliphatic rings. The minimum absolute atomic E-state index is 0. The molecule has 17 heavy (non-hydrogen) atoms. The minimum Gasteiger partial charge on any atom is -0.441 e. The number of aliphatic hydroxyl groups is 1. The molecular formula is C10H11N3O3Y. The van der Waals surface area contributed by atoms with Crippen LogP contribution in [0.4, 0.5) is 4.79 Å². The summed E-state index contributed by atoms with van der Waals surface area (Å²) in [4.78, 5) is 18.1. The molecule has 1 radical (unpaired) electrons. The first-order valence-corrected chi connectivity index (χ1v) is 4.74. The van der Waals surface area contributed by atoms with Crippen molar-refractivity contribution in [1.29, 1.82) is 0 Å². The zero-order valence-corrected chi connectivity index (χ0v) is 11.9. The van der Waals surface area contributed by atoms with Crippen molar-refractivity contribution in [3.8, 4) is 0 Å². The molecule has 0 aliphatic heterocycles. The number of fused-ring (bicyclic) bond motifs is 1. The normalized spacial score (nSPS) is 9.71. The number of aromatic amines is 1. The van der Waals surface area contributed by atoms with E-state index in [0.717, 1.165) is 11.0 Å². The number of carbonyl (C=O) groups excluding carboxylic acids is 1. The molecule has 1 amide bonds. The van der Waals surface area contributed by atoms with Gasteiger partial charge in [0.2, 0.25) is 0 Å². The molecule has 0 atom stereocenters. The third-order valence-corrected chi connectivity index (χ3v) is 2.00. The number of para-hydroxylation sites is 2. The fraction of sp³-hybridized carbons (Fsp3) is 0.200. The van der Waals surface area contributed by atoms with E-state index in [1.807, 2.05) is 24.3 Å². The largest absolute Gasteiger partial charge is 0.441 e. The van der Waals surface area contributed by atoms with E-state index in [4.69, 9.17) is 9.84 Å². The Hall–Kier alpha value is -0.976. The summed E-state index contributed by atoms with van der Waals surface area (Å²) in [7, 11) is 0. The number of benzene rings is 1. The molecule has 1 aromatic heterocycles. The first-order chi connectivity index (χ1) is 7.79. The minimum atomic E-state index is -0.678. The second-order valence-electron chi connectivity index (χ2n) is 3.11. The fourth-order valence-corrected chi connectivity index (χ4v) is 1.32. The zero-order valence-electron chi connectivity index (χ0n) is 9.01. The summed E-state index contributed by atoms with van der Waals surface area (Å²) in [5, 5.41) is 10.5. The predicted molar refractivity (Wildman–Crippen MR) is 56.5 cm³/mol. The zero-order chi connectivity index (χ0) is 11.4. The number of aliphatic hydroxyl groups excluding tert-OH is 1. The number of hydrogen-bond donors (Lipinski definition) is 3. The van der Waals surface area contributed by atoms with E-state index in [1.54, 1.807) is 0 Å². The van der Waals surface area contributed by atoms with Gasteiger partial charge >= 0.3 is 6.09 Å². The standard InChI is InChI=1S/C10H11N3O3.Y/c14-6-11-10(15)16-5-9-12-7-3-1-2-4-8(7)13-9;/h1-4,14H,5-6H2,(H,11,15)(H,12,13);. The van der Waals surface area contributed by atoms with Crippen LogP contribution in [0.1, 0.15) is 5.82 Å². The van der Waals surface area contributed by atoms with Crippen LogP contribution in [0.25, 0.3) is 11.0 Å². The van der Waals surface area contributed by atoms with Crippen LogP contribution in [0, 0.1) is 0 Å². The molecule has 1 heterocycles. The van der Waals surface area contributed by atoms with Crippen LogP contribution in [-0.4, -0.2) is 27.9 Å². The predicted octanol–water partition coefficient (Wildman–Crippen LogP) is 0.736. The molecule has 1 aromatic carbocycles. The van der Waals surface area contributed by atoms with Gasteiger partial charge in [-0.15, -0.1) is 0 Å². The summed E-state index contributed by atoms with van der Waals surface area (Å²) in [5.41, 5.74) is 1.72. The van der Waals surface area contributed by atoms with Crippen molar-refractivity contribution in [2.24, 2.45) is 0 Å². The summed E-state index contributed by atoms with van der Waals surface area (Å²) < 4.78 is 4.79. The van der Waals surface area contributed by atoms with Crippen molar-refractivity contribution in [3.05, 3.63) is 30.1 Å². The van der Waals surface area contributed by atoms with Gasteiger partial charge in [0, 0.05) is 32.7 Å². The van der Waals surface area contributed by atoms with Crippen LogP contribution in [0.2, 0.25) is 0 Å². The molecule has 7 heteroatoms. The van der Waals surface area contributed by atoms with Gasteiger partial charge in [-0.2, -0.15) is 0 Å². The Labute approximate surface area is 123 Å². The van der Waals surface area contributed by atoms with E-state index in [1.165, 1.54) is 0 Å². The summed E-state index contributed by atoms with van der Waals surface area (Å²) in [6.07, 6.45) is -0.678. The number of nitrogens with one attached hydrogen (secondary N) is 2. The van der Waals surface area contributed by atoms with Crippen LogP contribution in [0.3, 0.4) is 0 Å². The average molecular weight is 310 g/mol. The Morgan fingerprint density at radius 3 is 2.94 bits per heavy atom. The number of rotatable bonds is 3. The van der Waals surface area contributed by atoms with Gasteiger partial charge in [0.25, 0.3) is 0 Å². The van der Waals surface area contributed by atoms with Gasteiger partial charge in [-0.3, -0.25) is 5.32 Å². The second-order valence-corrected chi connectivity index (χ2v) is 3.11. The van der Waals surface area contributed by atoms with Gasteiger partial charge in [-0.1, -0.05) is 12.1 Å². The molecule has 0 fully saturated rings. The topological polar surface area (TPSA) is 87.2 Å². The van der Waals surface area contributed by atoms with Crippen molar-refractivity contribution in [2.45, 2.75) is 6.61 Å². The van der Waals surface area contributed by atoms with Crippen LogP contribution in [-0.2, 0) is 44.1 Å². The summed E-state index contributed by atoms with van der Waals surface area (Å²) >= 11 is 0. The molecule has 87 valence electrons. The van der Waals surface area contributed by atoms with Crippen molar-refractivity contribution < 1.29 is 47.3 Å². The average Bonchev–Trinajstić information content (AvgIpc) is 2.69. The number of ether oxygens (including phenoxy) is 1. The Bertz CT molecular complexity index is 467. The molecular weight excluding hydrogens is 299 g/mol. The first kappa shape index (κ1) is 14.1. The maximum Gasteiger partial charge on any atom is 0.409 e. The second kappa shape index (κ2) is 6.68. The number of carbonyl (C=O) groups is 1. The third-order valence-electron chi connectivity index (χ3n) is 2.00. The van der Waals surface area contributed by atoms with Crippen LogP contribution >= 0.6 is 0 Å². The molecule has 0 saturated heterocycles.